The molecule has 2 bridgehead atoms. The molecule has 0 spiro atoms. The highest BCUT2D eigenvalue weighted by Gasteiger charge is 2.41. The molecule has 4 nitrogen and oxygen atoms in total. The molecule has 4 heteroatoms. The number of hydrogen-bond acceptors (Lipinski definition) is 4. The molecule has 334 valence electrons. The summed E-state index contributed by atoms with van der Waals surface area (Å²) in [6.07, 6.45) is 0. The van der Waals surface area contributed by atoms with E-state index in [2.05, 4.69) is 243 Å². The van der Waals surface area contributed by atoms with E-state index in [1.54, 1.807) is 0 Å². The molecule has 0 radical (unpaired) electrons. The van der Waals surface area contributed by atoms with Gasteiger partial charge in [-0.25, -0.2) is 19.9 Å². The summed E-state index contributed by atoms with van der Waals surface area (Å²) in [4.78, 5) is 21.8. The van der Waals surface area contributed by atoms with Crippen LogP contribution in [0.2, 0.25) is 0 Å². The van der Waals surface area contributed by atoms with Crippen LogP contribution in [0.5, 0.6) is 0 Å². The van der Waals surface area contributed by atoms with Crippen LogP contribution in [0, 0.1) is 0 Å². The zero-order valence-corrected chi connectivity index (χ0v) is 39.0. The van der Waals surface area contributed by atoms with Gasteiger partial charge >= 0.3 is 0 Å². The van der Waals surface area contributed by atoms with Crippen LogP contribution >= 0.6 is 0 Å². The molecule has 72 heavy (non-hydrogen) atoms. The summed E-state index contributed by atoms with van der Waals surface area (Å²) in [5, 5.41) is 9.44. The third kappa shape index (κ3) is 6.39. The van der Waals surface area contributed by atoms with Crippen molar-refractivity contribution >= 4 is 43.1 Å². The highest BCUT2D eigenvalue weighted by atomic mass is 14.9. The molecule has 0 aliphatic heterocycles. The van der Waals surface area contributed by atoms with Gasteiger partial charge in [0.1, 0.15) is 0 Å². The van der Waals surface area contributed by atoms with E-state index in [4.69, 9.17) is 19.9 Å². The third-order valence-corrected chi connectivity index (χ3v) is 15.2. The molecule has 3 aliphatic rings. The maximum atomic E-state index is 5.51. The molecule has 2 heterocycles. The van der Waals surface area contributed by atoms with Crippen molar-refractivity contribution in [2.24, 2.45) is 0 Å². The minimum atomic E-state index is 0.0261. The Morgan fingerprint density at radius 1 is 0.222 bits per heavy atom. The Morgan fingerprint density at radius 2 is 0.542 bits per heavy atom. The lowest BCUT2D eigenvalue weighted by atomic mass is 9.61. The number of aromatic nitrogens is 4. The fourth-order valence-electron chi connectivity index (χ4n) is 12.0. The summed E-state index contributed by atoms with van der Waals surface area (Å²) in [5.41, 5.74) is 17.9. The van der Waals surface area contributed by atoms with Crippen molar-refractivity contribution in [3.05, 3.63) is 276 Å². The maximum absolute atomic E-state index is 5.51. The molecule has 3 aliphatic carbocycles. The SMILES string of the molecule is c1ccc(-c2cc(-c3c4ccccc4cc4ccccc34)nc(-c3ccc4c(c3)C3c5ccccc5C4c4cc(-c5nc(-c6ccccc6)cc(-c6c7ccccc7cc7ccccc67)n5)ccc43)n2)cc1. The number of fused-ring (bicyclic) bond motifs is 4. The quantitative estimate of drug-likeness (QED) is 0.156. The van der Waals surface area contributed by atoms with Crippen LogP contribution < -0.4 is 0 Å². The fraction of sp³-hybridized carbons (Fsp3) is 0.0294. The Morgan fingerprint density at radius 3 is 0.931 bits per heavy atom. The van der Waals surface area contributed by atoms with Gasteiger partial charge in [-0.2, -0.15) is 0 Å². The summed E-state index contributed by atoms with van der Waals surface area (Å²) in [6.45, 7) is 0. The summed E-state index contributed by atoms with van der Waals surface area (Å²) >= 11 is 0. The molecule has 0 saturated heterocycles. The molecule has 13 aromatic rings. The first kappa shape index (κ1) is 40.5. The molecule has 0 N–H and O–H groups in total. The first-order chi connectivity index (χ1) is 35.7. The Balaban J connectivity index is 0.896. The number of nitrogens with zero attached hydrogens (tertiary/aromatic N) is 4. The summed E-state index contributed by atoms with van der Waals surface area (Å²) in [7, 11) is 0. The van der Waals surface area contributed by atoms with E-state index in [1.165, 1.54) is 76.5 Å². The highest BCUT2D eigenvalue weighted by Crippen LogP contribution is 2.57. The Bertz CT molecular complexity index is 3960. The first-order valence-corrected chi connectivity index (χ1v) is 24.8. The Labute approximate surface area is 416 Å². The lowest BCUT2D eigenvalue weighted by Gasteiger charge is -2.42. The number of benzene rings is 11. The van der Waals surface area contributed by atoms with Crippen LogP contribution in [0.4, 0.5) is 0 Å². The van der Waals surface area contributed by atoms with E-state index < -0.39 is 0 Å². The number of hydrogen-bond donors (Lipinski definition) is 0. The minimum absolute atomic E-state index is 0.0261. The van der Waals surface area contributed by atoms with E-state index in [1.807, 2.05) is 0 Å². The summed E-state index contributed by atoms with van der Waals surface area (Å²) in [6, 6.07) is 87.4. The predicted molar refractivity (Wildman–Crippen MR) is 295 cm³/mol. The maximum Gasteiger partial charge on any atom is 0.160 e. The summed E-state index contributed by atoms with van der Waals surface area (Å²) in [5.74, 6) is 1.47. The Kier molecular flexibility index (Phi) is 9.05. The molecule has 0 amide bonds. The largest absolute Gasteiger partial charge is 0.228 e. The monoisotopic (exact) mass is 914 g/mol. The molecular weight excluding hydrogens is 873 g/mol. The zero-order chi connectivity index (χ0) is 47.3. The number of rotatable bonds is 6. The zero-order valence-electron chi connectivity index (χ0n) is 39.0. The van der Waals surface area contributed by atoms with E-state index in [-0.39, 0.29) is 11.8 Å². The Hall–Kier alpha value is -9.38. The van der Waals surface area contributed by atoms with Gasteiger partial charge in [0.25, 0.3) is 0 Å². The smallest absolute Gasteiger partial charge is 0.160 e. The second-order valence-corrected chi connectivity index (χ2v) is 19.2. The van der Waals surface area contributed by atoms with Crippen LogP contribution in [0.3, 0.4) is 0 Å². The van der Waals surface area contributed by atoms with Gasteiger partial charge < -0.3 is 0 Å². The van der Waals surface area contributed by atoms with E-state index in [9.17, 15) is 0 Å². The lowest BCUT2D eigenvalue weighted by Crippen LogP contribution is -2.27. The molecule has 2 unspecified atom stereocenters. The van der Waals surface area contributed by atoms with Crippen molar-refractivity contribution in [2.45, 2.75) is 11.8 Å². The van der Waals surface area contributed by atoms with Crippen LogP contribution in [0.1, 0.15) is 45.2 Å². The van der Waals surface area contributed by atoms with Crippen molar-refractivity contribution in [1.82, 2.24) is 19.9 Å². The van der Waals surface area contributed by atoms with Crippen molar-refractivity contribution in [3.8, 4) is 67.8 Å². The highest BCUT2D eigenvalue weighted by molar-refractivity contribution is 6.13. The molecule has 2 aromatic heterocycles. The topological polar surface area (TPSA) is 51.6 Å². The van der Waals surface area contributed by atoms with Gasteiger partial charge in [0.05, 0.1) is 22.8 Å². The second kappa shape index (κ2) is 16.1. The van der Waals surface area contributed by atoms with E-state index >= 15 is 0 Å². The van der Waals surface area contributed by atoms with Gasteiger partial charge in [-0.1, -0.05) is 206 Å². The summed E-state index contributed by atoms with van der Waals surface area (Å²) < 4.78 is 0. The molecule has 0 fully saturated rings. The third-order valence-electron chi connectivity index (χ3n) is 15.2. The van der Waals surface area contributed by atoms with E-state index in [0.29, 0.717) is 11.6 Å². The molecule has 16 rings (SSSR count). The van der Waals surface area contributed by atoms with Gasteiger partial charge in [-0.05, 0) is 113 Å². The second-order valence-electron chi connectivity index (χ2n) is 19.2. The molecular formula is C68H42N4. The normalized spacial score (nSPS) is 14.4. The van der Waals surface area contributed by atoms with Gasteiger partial charge in [0, 0.05) is 45.2 Å². The van der Waals surface area contributed by atoms with Crippen molar-refractivity contribution < 1.29 is 0 Å². The van der Waals surface area contributed by atoms with Gasteiger partial charge in [0.15, 0.2) is 11.6 Å². The van der Waals surface area contributed by atoms with Gasteiger partial charge in [-0.3, -0.25) is 0 Å². The fourth-order valence-corrected chi connectivity index (χ4v) is 12.0. The van der Waals surface area contributed by atoms with Crippen molar-refractivity contribution in [2.75, 3.05) is 0 Å². The average Bonchev–Trinajstić information content (AvgIpc) is 3.45. The van der Waals surface area contributed by atoms with Gasteiger partial charge in [-0.15, -0.1) is 0 Å². The standard InChI is InChI=1S/C68H42N4/c1-3-17-41(18-4-1)59-39-61(65-49-25-11-7-21-43(49)35-44-22-8-12-26-50(44)65)71-67(69-59)47-31-33-55-57(37-47)63-53-29-15-16-30-54(53)64(55)58-38-48(32-34-56(58)63)68-70-60(42-19-5-2-6-20-42)40-62(72-68)66-51-27-13-9-23-45(51)36-46-24-10-14-28-52(46)66/h1-40,63-64H. The minimum Gasteiger partial charge on any atom is -0.228 e. The predicted octanol–water partition coefficient (Wildman–Crippen LogP) is 16.9. The lowest BCUT2D eigenvalue weighted by molar-refractivity contribution is 0.754. The van der Waals surface area contributed by atoms with Crippen molar-refractivity contribution in [3.63, 3.8) is 0 Å². The van der Waals surface area contributed by atoms with Gasteiger partial charge in [0.2, 0.25) is 0 Å². The van der Waals surface area contributed by atoms with Crippen LogP contribution in [-0.4, -0.2) is 19.9 Å². The van der Waals surface area contributed by atoms with Crippen molar-refractivity contribution in [1.29, 1.82) is 0 Å². The van der Waals surface area contributed by atoms with Crippen LogP contribution in [0.15, 0.2) is 243 Å². The average molecular weight is 915 g/mol. The van der Waals surface area contributed by atoms with E-state index in [0.717, 1.165) is 56.2 Å². The first-order valence-electron chi connectivity index (χ1n) is 24.8. The molecule has 2 atom stereocenters. The molecule has 11 aromatic carbocycles. The molecule has 0 saturated carbocycles. The van der Waals surface area contributed by atoms with Crippen LogP contribution in [-0.2, 0) is 0 Å². The van der Waals surface area contributed by atoms with Crippen LogP contribution in [0.25, 0.3) is 111 Å².